The van der Waals surface area contributed by atoms with Gasteiger partial charge in [0, 0.05) is 0 Å². The van der Waals surface area contributed by atoms with Crippen molar-refractivity contribution in [1.29, 1.82) is 0 Å². The van der Waals surface area contributed by atoms with Gasteiger partial charge in [-0.05, 0) is 0 Å². The molecule has 3 aliphatic carbocycles. The van der Waals surface area contributed by atoms with E-state index in [-0.39, 0.29) is 5.97 Å². The van der Waals surface area contributed by atoms with Gasteiger partial charge in [0.1, 0.15) is 0 Å². The number of hydrogen-bond acceptors (Lipinski definition) is 2. The maximum absolute atomic E-state index is 13.0. The van der Waals surface area contributed by atoms with Crippen molar-refractivity contribution in [3.8, 4) is 0 Å². The molecule has 3 aliphatic rings. The van der Waals surface area contributed by atoms with Crippen molar-refractivity contribution in [2.75, 3.05) is 12.8 Å². The van der Waals surface area contributed by atoms with E-state index in [1.54, 1.807) is 0 Å². The van der Waals surface area contributed by atoms with Crippen LogP contribution in [-0.4, -0.2) is 35.7 Å². The van der Waals surface area contributed by atoms with Crippen LogP contribution in [0, 0.1) is 0 Å². The Balaban J connectivity index is 1.89. The van der Waals surface area contributed by atoms with Crippen LogP contribution in [-0.2, 0) is 9.53 Å². The summed E-state index contributed by atoms with van der Waals surface area (Å²) in [5.41, 5.74) is 2.74. The van der Waals surface area contributed by atoms with Gasteiger partial charge in [0.2, 0.25) is 0 Å². The normalized spacial score (nSPS) is 25.1. The van der Waals surface area contributed by atoms with Gasteiger partial charge in [0.25, 0.3) is 0 Å². The molecule has 0 N–H and O–H groups in total. The van der Waals surface area contributed by atoms with Crippen molar-refractivity contribution >= 4 is 13.2 Å². The molecule has 0 aromatic carbocycles. The molecule has 0 unspecified atom stereocenters. The molecule has 0 heterocycles. The minimum absolute atomic E-state index is 0.181. The van der Waals surface area contributed by atoms with Gasteiger partial charge in [-0.1, -0.05) is 0 Å². The number of carbonyl (C=O) groups is 1. The van der Waals surface area contributed by atoms with Crippen LogP contribution >= 0.6 is 7.26 Å². The molecule has 2 nitrogen and oxygen atoms in total. The summed E-state index contributed by atoms with van der Waals surface area (Å²) in [5, 5.41) is 0. The van der Waals surface area contributed by atoms with Crippen LogP contribution < -0.4 is 0 Å². The van der Waals surface area contributed by atoms with Crippen LogP contribution in [0.5, 0.6) is 0 Å². The van der Waals surface area contributed by atoms with Gasteiger partial charge in [-0.2, -0.15) is 0 Å². The molecule has 26 heavy (non-hydrogen) atoms. The van der Waals surface area contributed by atoms with Crippen molar-refractivity contribution in [3.63, 3.8) is 0 Å². The maximum atomic E-state index is 13.0. The number of rotatable bonds is 7. The average molecular weight is 383 g/mol. The molecule has 0 aromatic rings. The Morgan fingerprint density at radius 2 is 1.12 bits per heavy atom. The third kappa shape index (κ3) is 4.84. The third-order valence-corrected chi connectivity index (χ3v) is 15.2. The van der Waals surface area contributed by atoms with Gasteiger partial charge in [-0.3, -0.25) is 0 Å². The third-order valence-electron chi connectivity index (χ3n) is 8.01. The van der Waals surface area contributed by atoms with Gasteiger partial charge >= 0.3 is 162 Å². The summed E-state index contributed by atoms with van der Waals surface area (Å²) >= 11 is 0. The molecule has 0 aliphatic heterocycles. The number of hydrogen-bond donors (Lipinski definition) is 0. The van der Waals surface area contributed by atoms with Gasteiger partial charge in [-0.25, -0.2) is 0 Å². The Bertz CT molecular complexity index is 372. The molecule has 0 radical (unpaired) electrons. The Hall–Kier alpha value is -0.100. The van der Waals surface area contributed by atoms with Gasteiger partial charge in [-0.15, -0.1) is 0 Å². The van der Waals surface area contributed by atoms with Crippen LogP contribution in [0.4, 0.5) is 0 Å². The summed E-state index contributed by atoms with van der Waals surface area (Å²) in [4.78, 5) is 13.0. The van der Waals surface area contributed by atoms with E-state index in [1.807, 2.05) is 0 Å². The monoisotopic (exact) mass is 382 g/mol. The molecule has 3 saturated carbocycles. The van der Waals surface area contributed by atoms with E-state index in [9.17, 15) is 4.79 Å². The quantitative estimate of drug-likeness (QED) is 0.362. The zero-order valence-electron chi connectivity index (χ0n) is 17.3. The Morgan fingerprint density at radius 3 is 1.46 bits per heavy atom. The standard InChI is InChI=1S/C23H43O2P/c1-2-18-25-23(24)19-26(20-12-6-3-7-13-20,21-14-8-4-9-15-21)22-16-10-5-11-17-22/h20-22,26H,2-19H2,1H3. The average Bonchev–Trinajstić information content (AvgIpc) is 2.72. The van der Waals surface area contributed by atoms with E-state index in [4.69, 9.17) is 4.74 Å². The predicted molar refractivity (Wildman–Crippen MR) is 115 cm³/mol. The second kappa shape index (κ2) is 10.4. The van der Waals surface area contributed by atoms with Gasteiger partial charge in [0.05, 0.1) is 0 Å². The summed E-state index contributed by atoms with van der Waals surface area (Å²) in [6.45, 7) is 2.74. The Kier molecular flexibility index (Phi) is 8.29. The fraction of sp³-hybridized carbons (Fsp3) is 0.957. The summed E-state index contributed by atoms with van der Waals surface area (Å²) in [6, 6.07) is 0. The molecule has 3 heteroatoms. The number of ether oxygens (including phenoxy) is 1. The first-order valence-electron chi connectivity index (χ1n) is 11.9. The van der Waals surface area contributed by atoms with Crippen LogP contribution in [0.1, 0.15) is 110 Å². The molecule has 152 valence electrons. The van der Waals surface area contributed by atoms with Gasteiger partial charge in [0.15, 0.2) is 0 Å². The van der Waals surface area contributed by atoms with E-state index in [0.717, 1.165) is 29.6 Å². The van der Waals surface area contributed by atoms with E-state index in [1.165, 1.54) is 96.3 Å². The zero-order chi connectivity index (χ0) is 18.2. The molecule has 3 fully saturated rings. The molecule has 0 atom stereocenters. The van der Waals surface area contributed by atoms with E-state index in [2.05, 4.69) is 6.92 Å². The van der Waals surface area contributed by atoms with E-state index >= 15 is 0 Å². The summed E-state index contributed by atoms with van der Waals surface area (Å²) in [7, 11) is -1.68. The second-order valence-electron chi connectivity index (χ2n) is 9.51. The van der Waals surface area contributed by atoms with Crippen LogP contribution in [0.3, 0.4) is 0 Å². The predicted octanol–water partition coefficient (Wildman–Crippen LogP) is 6.69. The number of carbonyl (C=O) groups excluding carboxylic acids is 1. The molecular weight excluding hydrogens is 339 g/mol. The molecule has 0 amide bonds. The van der Waals surface area contributed by atoms with Crippen LogP contribution in [0.15, 0.2) is 0 Å². The Labute approximate surface area is 162 Å². The van der Waals surface area contributed by atoms with Crippen LogP contribution in [0.2, 0.25) is 0 Å². The summed E-state index contributed by atoms with van der Waals surface area (Å²) in [5.74, 6) is 0.181. The minimum atomic E-state index is -1.68. The zero-order valence-corrected chi connectivity index (χ0v) is 18.3. The van der Waals surface area contributed by atoms with Crippen molar-refractivity contribution in [3.05, 3.63) is 0 Å². The SMILES string of the molecule is CCCOC(=O)C[PH](C1CCCCC1)(C1CCCCC1)C1CCCCC1. The first-order valence-corrected chi connectivity index (χ1v) is 14.4. The van der Waals surface area contributed by atoms with Crippen LogP contribution in [0.25, 0.3) is 0 Å². The first kappa shape index (κ1) is 20.6. The molecule has 0 saturated heterocycles. The van der Waals surface area contributed by atoms with E-state index < -0.39 is 7.26 Å². The molecule has 0 bridgehead atoms. The summed E-state index contributed by atoms with van der Waals surface area (Å²) in [6.07, 6.45) is 23.2. The fourth-order valence-electron chi connectivity index (χ4n) is 6.87. The fourth-order valence-corrected chi connectivity index (χ4v) is 14.8. The summed E-state index contributed by atoms with van der Waals surface area (Å²) < 4.78 is 5.71. The van der Waals surface area contributed by atoms with Crippen molar-refractivity contribution in [2.45, 2.75) is 127 Å². The van der Waals surface area contributed by atoms with Crippen molar-refractivity contribution in [1.82, 2.24) is 0 Å². The van der Waals surface area contributed by atoms with Crippen molar-refractivity contribution in [2.24, 2.45) is 0 Å². The number of esters is 1. The molecule has 0 spiro atoms. The van der Waals surface area contributed by atoms with E-state index in [0.29, 0.717) is 6.61 Å². The molecular formula is C23H43O2P. The first-order chi connectivity index (χ1) is 12.8. The van der Waals surface area contributed by atoms with Crippen molar-refractivity contribution < 1.29 is 9.53 Å². The molecule has 0 aromatic heterocycles. The van der Waals surface area contributed by atoms with Gasteiger partial charge < -0.3 is 0 Å². The second-order valence-corrected chi connectivity index (χ2v) is 14.5. The topological polar surface area (TPSA) is 26.3 Å². The Morgan fingerprint density at radius 1 is 0.731 bits per heavy atom. The molecule has 3 rings (SSSR count).